The van der Waals surface area contributed by atoms with Crippen LogP contribution in [0.4, 0.5) is 0 Å². The molecule has 1 N–H and O–H groups in total. The van der Waals surface area contributed by atoms with Gasteiger partial charge in [-0.2, -0.15) is 0 Å². The Kier molecular flexibility index (Phi) is 7.45. The van der Waals surface area contributed by atoms with Gasteiger partial charge in [-0.25, -0.2) is 0 Å². The Morgan fingerprint density at radius 1 is 1.20 bits per heavy atom. The van der Waals surface area contributed by atoms with Crippen molar-refractivity contribution in [3.05, 3.63) is 64.7 Å². The molecule has 2 atom stereocenters. The van der Waals surface area contributed by atoms with Gasteiger partial charge >= 0.3 is 0 Å². The maximum Gasteiger partial charge on any atom is 0.295 e. The molecule has 1 amide bonds. The first-order valence-corrected chi connectivity index (χ1v) is 12.3. The van der Waals surface area contributed by atoms with E-state index in [9.17, 15) is 14.7 Å². The summed E-state index contributed by atoms with van der Waals surface area (Å²) in [4.78, 5) is 29.9. The van der Waals surface area contributed by atoms with Crippen molar-refractivity contribution in [2.24, 2.45) is 0 Å². The van der Waals surface area contributed by atoms with Gasteiger partial charge in [-0.15, -0.1) is 0 Å². The van der Waals surface area contributed by atoms with Crippen LogP contribution in [0.2, 0.25) is 0 Å². The van der Waals surface area contributed by atoms with Gasteiger partial charge in [-0.3, -0.25) is 9.59 Å². The molecule has 7 heteroatoms. The highest BCUT2D eigenvalue weighted by Gasteiger charge is 2.46. The molecule has 2 aliphatic rings. The molecule has 0 saturated carbocycles. The van der Waals surface area contributed by atoms with E-state index in [1.54, 1.807) is 11.0 Å². The molecular formula is C28H34N2O5. The number of fused-ring (bicyclic) bond motifs is 1. The second-order valence-electron chi connectivity index (χ2n) is 9.53. The van der Waals surface area contributed by atoms with E-state index >= 15 is 0 Å². The summed E-state index contributed by atoms with van der Waals surface area (Å²) < 4.78 is 11.7. The third-order valence-electron chi connectivity index (χ3n) is 6.44. The van der Waals surface area contributed by atoms with Crippen molar-refractivity contribution in [2.45, 2.75) is 45.3 Å². The first-order chi connectivity index (χ1) is 16.8. The largest absolute Gasteiger partial charge is 0.507 e. The quantitative estimate of drug-likeness (QED) is 0.252. The normalized spacial score (nSPS) is 20.9. The summed E-state index contributed by atoms with van der Waals surface area (Å²) in [7, 11) is 3.84. The number of hydrogen-bond acceptors (Lipinski definition) is 6. The molecule has 1 fully saturated rings. The summed E-state index contributed by atoms with van der Waals surface area (Å²) in [6, 6.07) is 12.2. The number of aliphatic hydroxyl groups excluding tert-OH is 1. The standard InChI is InChI=1S/C28H34N2O5/c1-5-6-14-34-22-9-7-8-19(17-22)25-24(27(32)28(33)30(25)13-12-29(3)4)26(31)20-10-11-23-21(16-20)15-18(2)35-23/h7-11,16-18,25,31H,5-6,12-15H2,1-4H3/t18-,25-/m0/s1. The van der Waals surface area contributed by atoms with E-state index in [0.717, 1.165) is 36.1 Å². The van der Waals surface area contributed by atoms with Crippen LogP contribution in [0.5, 0.6) is 11.5 Å². The number of amides is 1. The number of carbonyl (C=O) groups excluding carboxylic acids is 2. The highest BCUT2D eigenvalue weighted by molar-refractivity contribution is 6.46. The zero-order valence-electron chi connectivity index (χ0n) is 20.9. The molecule has 2 aromatic carbocycles. The predicted molar refractivity (Wildman–Crippen MR) is 135 cm³/mol. The number of carbonyl (C=O) groups is 2. The van der Waals surface area contributed by atoms with Gasteiger partial charge in [0.25, 0.3) is 11.7 Å². The average molecular weight is 479 g/mol. The van der Waals surface area contributed by atoms with E-state index in [-0.39, 0.29) is 17.4 Å². The summed E-state index contributed by atoms with van der Waals surface area (Å²) in [5, 5.41) is 11.4. The zero-order chi connectivity index (χ0) is 25.1. The molecule has 35 heavy (non-hydrogen) atoms. The SMILES string of the molecule is CCCCOc1cccc([C@H]2C(=C(O)c3ccc4c(c3)C[C@H](C)O4)C(=O)C(=O)N2CCN(C)C)c1. The van der Waals surface area contributed by atoms with Crippen molar-refractivity contribution in [3.8, 4) is 11.5 Å². The van der Waals surface area contributed by atoms with Crippen LogP contribution in [0, 0.1) is 0 Å². The van der Waals surface area contributed by atoms with Crippen LogP contribution in [0.3, 0.4) is 0 Å². The zero-order valence-corrected chi connectivity index (χ0v) is 20.9. The molecule has 7 nitrogen and oxygen atoms in total. The van der Waals surface area contributed by atoms with Crippen molar-refractivity contribution in [1.82, 2.24) is 9.80 Å². The second-order valence-corrected chi connectivity index (χ2v) is 9.53. The first kappa shape index (κ1) is 24.8. The summed E-state index contributed by atoms with van der Waals surface area (Å²) in [6.45, 7) is 5.63. The van der Waals surface area contributed by atoms with Crippen LogP contribution in [-0.2, 0) is 16.0 Å². The van der Waals surface area contributed by atoms with Crippen LogP contribution in [0.1, 0.15) is 49.4 Å². The van der Waals surface area contributed by atoms with Gasteiger partial charge in [0.05, 0.1) is 18.2 Å². The number of rotatable bonds is 9. The lowest BCUT2D eigenvalue weighted by Gasteiger charge is -2.27. The van der Waals surface area contributed by atoms with Crippen LogP contribution < -0.4 is 9.47 Å². The molecule has 2 aliphatic heterocycles. The first-order valence-electron chi connectivity index (χ1n) is 12.3. The maximum atomic E-state index is 13.3. The third kappa shape index (κ3) is 5.20. The molecule has 0 aliphatic carbocycles. The smallest absolute Gasteiger partial charge is 0.295 e. The van der Waals surface area contributed by atoms with E-state index in [4.69, 9.17) is 9.47 Å². The fourth-order valence-electron chi connectivity index (χ4n) is 4.60. The van der Waals surface area contributed by atoms with Gasteiger partial charge in [-0.1, -0.05) is 25.5 Å². The van der Waals surface area contributed by atoms with Crippen LogP contribution >= 0.6 is 0 Å². The van der Waals surface area contributed by atoms with Gasteiger partial charge in [0.1, 0.15) is 23.4 Å². The lowest BCUT2D eigenvalue weighted by Crippen LogP contribution is -2.35. The fraction of sp³-hybridized carbons (Fsp3) is 0.429. The number of Topliss-reactive ketones (excluding diaryl/α,β-unsaturated/α-hetero) is 1. The van der Waals surface area contributed by atoms with E-state index in [1.165, 1.54) is 0 Å². The number of nitrogens with zero attached hydrogens (tertiary/aromatic N) is 2. The van der Waals surface area contributed by atoms with Crippen molar-refractivity contribution >= 4 is 17.4 Å². The number of likely N-dealkylation sites (N-methyl/N-ethyl adjacent to an activating group) is 1. The van der Waals surface area contributed by atoms with E-state index in [2.05, 4.69) is 6.92 Å². The average Bonchev–Trinajstić information content (AvgIpc) is 3.33. The lowest BCUT2D eigenvalue weighted by molar-refractivity contribution is -0.140. The van der Waals surface area contributed by atoms with Gasteiger partial charge in [-0.05, 0) is 68.9 Å². The van der Waals surface area contributed by atoms with E-state index in [0.29, 0.717) is 31.0 Å². The molecule has 0 radical (unpaired) electrons. The topological polar surface area (TPSA) is 79.3 Å². The van der Waals surface area contributed by atoms with Gasteiger partial charge in [0.15, 0.2) is 0 Å². The van der Waals surface area contributed by atoms with E-state index in [1.807, 2.05) is 62.3 Å². The lowest BCUT2D eigenvalue weighted by atomic mass is 9.94. The van der Waals surface area contributed by atoms with Gasteiger partial charge in [0, 0.05) is 25.1 Å². The number of aliphatic hydroxyl groups is 1. The second kappa shape index (κ2) is 10.5. The monoisotopic (exact) mass is 478 g/mol. The van der Waals surface area contributed by atoms with Gasteiger partial charge < -0.3 is 24.4 Å². The molecule has 1 saturated heterocycles. The summed E-state index contributed by atoms with van der Waals surface area (Å²) in [5.74, 6) is 0.0228. The summed E-state index contributed by atoms with van der Waals surface area (Å²) in [6.07, 6.45) is 2.75. The predicted octanol–water partition coefficient (Wildman–Crippen LogP) is 4.17. The van der Waals surface area contributed by atoms with Crippen LogP contribution in [0.25, 0.3) is 5.76 Å². The Balaban J connectivity index is 1.77. The minimum atomic E-state index is -0.701. The number of ketones is 1. The molecule has 0 unspecified atom stereocenters. The van der Waals surface area contributed by atoms with Crippen molar-refractivity contribution in [1.29, 1.82) is 0 Å². The van der Waals surface area contributed by atoms with Crippen molar-refractivity contribution < 1.29 is 24.2 Å². The molecular weight excluding hydrogens is 444 g/mol. The highest BCUT2D eigenvalue weighted by atomic mass is 16.5. The van der Waals surface area contributed by atoms with Crippen LogP contribution in [0.15, 0.2) is 48.0 Å². The molecule has 186 valence electrons. The minimum absolute atomic E-state index is 0.0643. The number of hydrogen-bond donors (Lipinski definition) is 1. The summed E-state index contributed by atoms with van der Waals surface area (Å²) in [5.41, 5.74) is 2.32. The Labute approximate surface area is 206 Å². The van der Waals surface area contributed by atoms with Gasteiger partial charge in [0.2, 0.25) is 0 Å². The number of likely N-dealkylation sites (tertiary alicyclic amines) is 1. The molecule has 0 bridgehead atoms. The molecule has 2 heterocycles. The Hall–Kier alpha value is -3.32. The maximum absolute atomic E-state index is 13.3. The summed E-state index contributed by atoms with van der Waals surface area (Å²) >= 11 is 0. The molecule has 2 aromatic rings. The molecule has 0 aromatic heterocycles. The Morgan fingerprint density at radius 3 is 2.74 bits per heavy atom. The third-order valence-corrected chi connectivity index (χ3v) is 6.44. The van der Waals surface area contributed by atoms with Crippen molar-refractivity contribution in [3.63, 3.8) is 0 Å². The van der Waals surface area contributed by atoms with Crippen molar-refractivity contribution in [2.75, 3.05) is 33.8 Å². The number of benzene rings is 2. The molecule has 4 rings (SSSR count). The Bertz CT molecular complexity index is 1140. The Morgan fingerprint density at radius 2 is 2.00 bits per heavy atom. The minimum Gasteiger partial charge on any atom is -0.507 e. The highest BCUT2D eigenvalue weighted by Crippen LogP contribution is 2.41. The number of unbranched alkanes of at least 4 members (excludes halogenated alkanes) is 1. The number of ether oxygens (including phenoxy) is 2. The van der Waals surface area contributed by atoms with Crippen LogP contribution in [-0.4, -0.2) is 66.5 Å². The fourth-order valence-corrected chi connectivity index (χ4v) is 4.60. The molecule has 0 spiro atoms. The van der Waals surface area contributed by atoms with E-state index < -0.39 is 17.7 Å².